The van der Waals surface area contributed by atoms with Crippen molar-refractivity contribution in [3.63, 3.8) is 0 Å². The number of aldehydes is 1. The number of hydrogen-bond donors (Lipinski definition) is 0. The molecule has 0 amide bonds. The monoisotopic (exact) mass is 276 g/mol. The Bertz CT molecular complexity index is 496. The third-order valence-corrected chi connectivity index (χ3v) is 4.00. The topological polar surface area (TPSA) is 63.5 Å². The Labute approximate surface area is 118 Å². The van der Waals surface area contributed by atoms with Crippen LogP contribution in [0.3, 0.4) is 0 Å². The summed E-state index contributed by atoms with van der Waals surface area (Å²) in [5.74, 6) is 0.610. The van der Waals surface area contributed by atoms with Crippen LogP contribution in [0, 0.1) is 16.0 Å². The van der Waals surface area contributed by atoms with Gasteiger partial charge in [0.1, 0.15) is 12.0 Å². The zero-order valence-corrected chi connectivity index (χ0v) is 11.7. The number of carbonyl (C=O) groups excluding carboxylic acids is 1. The standard InChI is InChI=1S/C15H20N2O3/c1-16(10-12-5-3-2-4-6-12)14-8-7-13(11-18)9-15(14)17(19)20/h7-9,11-12H,2-6,10H2,1H3. The van der Waals surface area contributed by atoms with E-state index in [0.29, 0.717) is 23.5 Å². The van der Waals surface area contributed by atoms with E-state index >= 15 is 0 Å². The van der Waals surface area contributed by atoms with Crippen molar-refractivity contribution in [1.82, 2.24) is 0 Å². The van der Waals surface area contributed by atoms with Gasteiger partial charge >= 0.3 is 0 Å². The quantitative estimate of drug-likeness (QED) is 0.469. The molecule has 0 atom stereocenters. The number of carbonyl (C=O) groups is 1. The first-order valence-electron chi connectivity index (χ1n) is 7.06. The number of rotatable bonds is 5. The minimum atomic E-state index is -0.417. The molecule has 1 aromatic rings. The SMILES string of the molecule is CN(CC1CCCCC1)c1ccc(C=O)cc1[N+](=O)[O-]. The molecule has 20 heavy (non-hydrogen) atoms. The van der Waals surface area contributed by atoms with Crippen molar-refractivity contribution in [3.8, 4) is 0 Å². The van der Waals surface area contributed by atoms with Crippen molar-refractivity contribution in [1.29, 1.82) is 0 Å². The maximum Gasteiger partial charge on any atom is 0.293 e. The third kappa shape index (κ3) is 3.35. The molecule has 2 rings (SSSR count). The van der Waals surface area contributed by atoms with Crippen LogP contribution >= 0.6 is 0 Å². The van der Waals surface area contributed by atoms with E-state index in [1.54, 1.807) is 12.1 Å². The molecule has 0 spiro atoms. The Kier molecular flexibility index (Phi) is 4.71. The minimum Gasteiger partial charge on any atom is -0.369 e. The highest BCUT2D eigenvalue weighted by Crippen LogP contribution is 2.31. The lowest BCUT2D eigenvalue weighted by molar-refractivity contribution is -0.384. The van der Waals surface area contributed by atoms with Crippen LogP contribution in [0.1, 0.15) is 42.5 Å². The minimum absolute atomic E-state index is 0.00732. The second-order valence-electron chi connectivity index (χ2n) is 5.51. The van der Waals surface area contributed by atoms with E-state index in [2.05, 4.69) is 0 Å². The first-order valence-corrected chi connectivity index (χ1v) is 7.06. The maximum atomic E-state index is 11.1. The van der Waals surface area contributed by atoms with Gasteiger partial charge in [-0.3, -0.25) is 14.9 Å². The van der Waals surface area contributed by atoms with E-state index in [1.165, 1.54) is 38.2 Å². The largest absolute Gasteiger partial charge is 0.369 e. The summed E-state index contributed by atoms with van der Waals surface area (Å²) in [7, 11) is 1.89. The highest BCUT2D eigenvalue weighted by atomic mass is 16.6. The Morgan fingerprint density at radius 3 is 2.65 bits per heavy atom. The molecule has 108 valence electrons. The Morgan fingerprint density at radius 1 is 1.35 bits per heavy atom. The number of benzene rings is 1. The predicted molar refractivity (Wildman–Crippen MR) is 78.3 cm³/mol. The number of anilines is 1. The summed E-state index contributed by atoms with van der Waals surface area (Å²) in [4.78, 5) is 23.4. The molecule has 0 N–H and O–H groups in total. The molecule has 1 aromatic carbocycles. The third-order valence-electron chi connectivity index (χ3n) is 4.00. The number of nitro groups is 1. The molecule has 0 aliphatic heterocycles. The van der Waals surface area contributed by atoms with E-state index in [9.17, 15) is 14.9 Å². The lowest BCUT2D eigenvalue weighted by Crippen LogP contribution is -2.27. The summed E-state index contributed by atoms with van der Waals surface area (Å²) >= 11 is 0. The second kappa shape index (κ2) is 6.50. The van der Waals surface area contributed by atoms with Gasteiger partial charge in [-0.25, -0.2) is 0 Å². The molecule has 1 fully saturated rings. The average molecular weight is 276 g/mol. The molecule has 1 saturated carbocycles. The molecule has 0 unspecified atom stereocenters. The summed E-state index contributed by atoms with van der Waals surface area (Å²) in [6.07, 6.45) is 6.84. The Morgan fingerprint density at radius 2 is 2.05 bits per heavy atom. The molecule has 0 aromatic heterocycles. The molecule has 1 aliphatic carbocycles. The molecule has 5 heteroatoms. The van der Waals surface area contributed by atoms with Gasteiger partial charge in [0.15, 0.2) is 0 Å². The normalized spacial score (nSPS) is 15.8. The molecule has 0 radical (unpaired) electrons. The summed E-state index contributed by atoms with van der Waals surface area (Å²) in [6.45, 7) is 0.835. The van der Waals surface area contributed by atoms with Crippen LogP contribution in [0.5, 0.6) is 0 Å². The molecule has 0 bridgehead atoms. The van der Waals surface area contributed by atoms with Crippen LogP contribution in [-0.4, -0.2) is 24.8 Å². The van der Waals surface area contributed by atoms with Crippen LogP contribution in [0.2, 0.25) is 0 Å². The number of nitrogens with zero attached hydrogens (tertiary/aromatic N) is 2. The van der Waals surface area contributed by atoms with Crippen LogP contribution in [0.4, 0.5) is 11.4 Å². The maximum absolute atomic E-state index is 11.1. The van der Waals surface area contributed by atoms with E-state index < -0.39 is 4.92 Å². The molecular weight excluding hydrogens is 256 g/mol. The smallest absolute Gasteiger partial charge is 0.293 e. The van der Waals surface area contributed by atoms with Crippen LogP contribution in [0.15, 0.2) is 18.2 Å². The van der Waals surface area contributed by atoms with E-state index in [4.69, 9.17) is 0 Å². The lowest BCUT2D eigenvalue weighted by Gasteiger charge is -2.28. The summed E-state index contributed by atoms with van der Waals surface area (Å²) in [6, 6.07) is 4.65. The van der Waals surface area contributed by atoms with Gasteiger partial charge in [0.2, 0.25) is 0 Å². The van der Waals surface area contributed by atoms with Crippen molar-refractivity contribution in [3.05, 3.63) is 33.9 Å². The molecule has 0 heterocycles. The molecule has 1 aliphatic rings. The average Bonchev–Trinajstić information content (AvgIpc) is 2.47. The Balaban J connectivity index is 2.17. The lowest BCUT2D eigenvalue weighted by atomic mass is 9.89. The summed E-state index contributed by atoms with van der Waals surface area (Å²) < 4.78 is 0. The highest BCUT2D eigenvalue weighted by Gasteiger charge is 2.21. The number of hydrogen-bond acceptors (Lipinski definition) is 4. The fourth-order valence-electron chi connectivity index (χ4n) is 2.94. The molecule has 0 saturated heterocycles. The number of nitro benzene ring substituents is 1. The fraction of sp³-hybridized carbons (Fsp3) is 0.533. The van der Waals surface area contributed by atoms with Crippen LogP contribution in [0.25, 0.3) is 0 Å². The first kappa shape index (κ1) is 14.5. The first-order chi connectivity index (χ1) is 9.61. The van der Waals surface area contributed by atoms with Crippen LogP contribution in [-0.2, 0) is 0 Å². The van der Waals surface area contributed by atoms with Crippen molar-refractivity contribution in [2.45, 2.75) is 32.1 Å². The Hall–Kier alpha value is -1.91. The van der Waals surface area contributed by atoms with Gasteiger partial charge in [-0.05, 0) is 30.9 Å². The van der Waals surface area contributed by atoms with Gasteiger partial charge in [0.25, 0.3) is 5.69 Å². The molecular formula is C15H20N2O3. The van der Waals surface area contributed by atoms with Crippen molar-refractivity contribution in [2.24, 2.45) is 5.92 Å². The van der Waals surface area contributed by atoms with Gasteiger partial charge in [0.05, 0.1) is 4.92 Å². The summed E-state index contributed by atoms with van der Waals surface area (Å²) in [5.41, 5.74) is 0.936. The second-order valence-corrected chi connectivity index (χ2v) is 5.51. The highest BCUT2D eigenvalue weighted by molar-refractivity contribution is 5.79. The van der Waals surface area contributed by atoms with E-state index in [-0.39, 0.29) is 5.69 Å². The zero-order chi connectivity index (χ0) is 14.5. The zero-order valence-electron chi connectivity index (χ0n) is 11.7. The van der Waals surface area contributed by atoms with Gasteiger partial charge in [-0.1, -0.05) is 19.3 Å². The van der Waals surface area contributed by atoms with E-state index in [0.717, 1.165) is 6.54 Å². The van der Waals surface area contributed by atoms with Crippen molar-refractivity contribution < 1.29 is 9.72 Å². The van der Waals surface area contributed by atoms with Crippen molar-refractivity contribution in [2.75, 3.05) is 18.5 Å². The predicted octanol–water partition coefficient (Wildman–Crippen LogP) is 3.42. The summed E-state index contributed by atoms with van der Waals surface area (Å²) in [5, 5.41) is 11.1. The van der Waals surface area contributed by atoms with Gasteiger partial charge in [0, 0.05) is 25.2 Å². The van der Waals surface area contributed by atoms with E-state index in [1.807, 2.05) is 11.9 Å². The molecule has 5 nitrogen and oxygen atoms in total. The van der Waals surface area contributed by atoms with Gasteiger partial charge < -0.3 is 4.90 Å². The van der Waals surface area contributed by atoms with Crippen molar-refractivity contribution >= 4 is 17.7 Å². The van der Waals surface area contributed by atoms with Gasteiger partial charge in [-0.15, -0.1) is 0 Å². The van der Waals surface area contributed by atoms with Crippen LogP contribution < -0.4 is 4.90 Å². The van der Waals surface area contributed by atoms with Gasteiger partial charge in [-0.2, -0.15) is 0 Å². The fourth-order valence-corrected chi connectivity index (χ4v) is 2.94.